The quantitative estimate of drug-likeness (QED) is 0.785. The van der Waals surface area contributed by atoms with Gasteiger partial charge in [-0.3, -0.25) is 4.79 Å². The molecule has 0 fully saturated rings. The smallest absolute Gasteiger partial charge is 0.235 e. The molecule has 0 unspecified atom stereocenters. The summed E-state index contributed by atoms with van der Waals surface area (Å²) in [6.45, 7) is 4.88. The number of rotatable bonds is 5. The molecule has 0 aliphatic rings. The van der Waals surface area contributed by atoms with Crippen LogP contribution in [0, 0.1) is 5.82 Å². The second-order valence-corrected chi connectivity index (χ2v) is 6.81. The molecular formula is C14H18BrClFNO2. The van der Waals surface area contributed by atoms with Crippen molar-refractivity contribution in [1.29, 1.82) is 0 Å². The first-order chi connectivity index (χ1) is 9.07. The van der Waals surface area contributed by atoms with E-state index in [0.717, 1.165) is 0 Å². The number of benzene rings is 1. The fraction of sp³-hybridized carbons (Fsp3) is 0.500. The molecule has 0 spiro atoms. The highest BCUT2D eigenvalue weighted by atomic mass is 79.9. The zero-order valence-electron chi connectivity index (χ0n) is 11.6. The lowest BCUT2D eigenvalue weighted by atomic mass is 9.81. The highest BCUT2D eigenvalue weighted by molar-refractivity contribution is 9.10. The molecule has 0 bridgehead atoms. The van der Waals surface area contributed by atoms with Crippen LogP contribution >= 0.6 is 27.5 Å². The summed E-state index contributed by atoms with van der Waals surface area (Å²) < 4.78 is 14.8. The van der Waals surface area contributed by atoms with Crippen LogP contribution in [0.15, 0.2) is 22.7 Å². The lowest BCUT2D eigenvalue weighted by Crippen LogP contribution is -2.48. The summed E-state index contributed by atoms with van der Waals surface area (Å²) in [6, 6.07) is 4.48. The molecule has 1 aromatic rings. The van der Waals surface area contributed by atoms with Gasteiger partial charge in [0.1, 0.15) is 11.7 Å². The van der Waals surface area contributed by atoms with Crippen molar-refractivity contribution in [2.24, 2.45) is 0 Å². The van der Waals surface area contributed by atoms with Crippen molar-refractivity contribution in [2.75, 3.05) is 5.88 Å². The van der Waals surface area contributed by atoms with Crippen LogP contribution in [-0.4, -0.2) is 22.5 Å². The van der Waals surface area contributed by atoms with Gasteiger partial charge >= 0.3 is 0 Å². The normalized spacial score (nSPS) is 14.8. The zero-order valence-corrected chi connectivity index (χ0v) is 14.0. The molecule has 0 aromatic heterocycles. The van der Waals surface area contributed by atoms with Gasteiger partial charge in [-0.05, 0) is 39.0 Å². The largest absolute Gasteiger partial charge is 0.390 e. The second-order valence-electron chi connectivity index (χ2n) is 5.63. The summed E-state index contributed by atoms with van der Waals surface area (Å²) in [5, 5.41) is 12.7. The van der Waals surface area contributed by atoms with Gasteiger partial charge in [0.05, 0.1) is 11.1 Å². The van der Waals surface area contributed by atoms with E-state index in [1.165, 1.54) is 6.07 Å². The Balaban J connectivity index is 3.28. The molecule has 20 heavy (non-hydrogen) atoms. The van der Waals surface area contributed by atoms with Gasteiger partial charge in [-0.1, -0.05) is 15.9 Å². The van der Waals surface area contributed by atoms with Crippen molar-refractivity contribution in [1.82, 2.24) is 5.32 Å². The van der Waals surface area contributed by atoms with Crippen molar-refractivity contribution >= 4 is 33.4 Å². The Bertz CT molecular complexity index is 504. The molecule has 1 rings (SSSR count). The molecule has 2 N–H and O–H groups in total. The van der Waals surface area contributed by atoms with E-state index in [1.54, 1.807) is 32.9 Å². The highest BCUT2D eigenvalue weighted by Crippen LogP contribution is 2.33. The first-order valence-electron chi connectivity index (χ1n) is 6.12. The van der Waals surface area contributed by atoms with Crippen LogP contribution in [0.1, 0.15) is 32.8 Å². The highest BCUT2D eigenvalue weighted by Gasteiger charge is 2.36. The van der Waals surface area contributed by atoms with Gasteiger partial charge in [0.2, 0.25) is 5.91 Å². The second kappa shape index (κ2) is 6.41. The minimum atomic E-state index is -1.08. The van der Waals surface area contributed by atoms with Crippen LogP contribution in [0.5, 0.6) is 0 Å². The first-order valence-corrected chi connectivity index (χ1v) is 7.45. The monoisotopic (exact) mass is 365 g/mol. The van der Waals surface area contributed by atoms with E-state index in [9.17, 15) is 14.3 Å². The molecule has 0 saturated carbocycles. The van der Waals surface area contributed by atoms with Gasteiger partial charge in [0, 0.05) is 16.5 Å². The molecule has 112 valence electrons. The van der Waals surface area contributed by atoms with Gasteiger partial charge in [0.15, 0.2) is 0 Å². The van der Waals surface area contributed by atoms with Crippen molar-refractivity contribution in [3.8, 4) is 0 Å². The van der Waals surface area contributed by atoms with Crippen molar-refractivity contribution in [3.05, 3.63) is 34.1 Å². The predicted molar refractivity (Wildman–Crippen MR) is 81.2 cm³/mol. The topological polar surface area (TPSA) is 49.3 Å². The Morgan fingerprint density at radius 2 is 2.05 bits per heavy atom. The number of amides is 1. The fourth-order valence-electron chi connectivity index (χ4n) is 2.33. The van der Waals surface area contributed by atoms with Gasteiger partial charge in [-0.2, -0.15) is 0 Å². The summed E-state index contributed by atoms with van der Waals surface area (Å²) in [5.74, 6) is -1.09. The minimum Gasteiger partial charge on any atom is -0.390 e. The molecule has 6 heteroatoms. The van der Waals surface area contributed by atoms with E-state index in [1.807, 2.05) is 0 Å². The molecule has 0 saturated heterocycles. The SMILES string of the molecule is CC(C)(O)C[C@](C)(NC(=O)CCl)c1cc(Br)ccc1F. The van der Waals surface area contributed by atoms with Gasteiger partial charge in [-0.25, -0.2) is 4.39 Å². The Labute approximate surface area is 131 Å². The summed E-state index contributed by atoms with van der Waals surface area (Å²) in [5.41, 5.74) is -1.84. The Hall–Kier alpha value is -0.650. The molecule has 0 radical (unpaired) electrons. The standard InChI is InChI=1S/C14H18BrClFNO2/c1-13(2,20)8-14(3,18-12(19)7-16)10-6-9(15)4-5-11(10)17/h4-6,20H,7-8H2,1-3H3,(H,18,19)/t14-/m0/s1. The number of carbonyl (C=O) groups is 1. The van der Waals surface area contributed by atoms with Gasteiger partial charge in [0.25, 0.3) is 0 Å². The van der Waals surface area contributed by atoms with Crippen LogP contribution in [-0.2, 0) is 10.3 Å². The van der Waals surface area contributed by atoms with Crippen molar-refractivity contribution in [2.45, 2.75) is 38.3 Å². The average Bonchev–Trinajstić information content (AvgIpc) is 2.29. The van der Waals surface area contributed by atoms with Crippen LogP contribution in [0.4, 0.5) is 4.39 Å². The third-order valence-corrected chi connectivity index (χ3v) is 3.58. The maximum absolute atomic E-state index is 14.1. The van der Waals surface area contributed by atoms with Crippen LogP contribution in [0.2, 0.25) is 0 Å². The Morgan fingerprint density at radius 3 is 2.55 bits per heavy atom. The molecule has 0 aliphatic carbocycles. The van der Waals surface area contributed by atoms with E-state index in [0.29, 0.717) is 10.0 Å². The summed E-state index contributed by atoms with van der Waals surface area (Å²) >= 11 is 8.79. The number of halogens is 3. The molecule has 1 amide bonds. The first kappa shape index (κ1) is 17.4. The molecular weight excluding hydrogens is 349 g/mol. The maximum atomic E-state index is 14.1. The van der Waals surface area contributed by atoms with Crippen molar-refractivity contribution < 1.29 is 14.3 Å². The number of hydrogen-bond donors (Lipinski definition) is 2. The third kappa shape index (κ3) is 4.72. The number of carbonyl (C=O) groups excluding carboxylic acids is 1. The molecule has 1 atom stereocenters. The molecule has 3 nitrogen and oxygen atoms in total. The third-order valence-electron chi connectivity index (χ3n) is 2.85. The average molecular weight is 367 g/mol. The molecule has 1 aromatic carbocycles. The van der Waals surface area contributed by atoms with Crippen LogP contribution in [0.25, 0.3) is 0 Å². The number of alkyl halides is 1. The summed E-state index contributed by atoms with van der Waals surface area (Å²) in [6.07, 6.45) is 0.149. The van der Waals surface area contributed by atoms with Gasteiger partial charge in [-0.15, -0.1) is 11.6 Å². The number of nitrogens with one attached hydrogen (secondary N) is 1. The predicted octanol–water partition coefficient (Wildman–Crippen LogP) is 3.32. The van der Waals surface area contributed by atoms with E-state index in [2.05, 4.69) is 21.2 Å². The molecule has 0 heterocycles. The maximum Gasteiger partial charge on any atom is 0.235 e. The van der Waals surface area contributed by atoms with E-state index in [4.69, 9.17) is 11.6 Å². The number of aliphatic hydroxyl groups is 1. The van der Waals surface area contributed by atoms with Crippen LogP contribution < -0.4 is 5.32 Å². The van der Waals surface area contributed by atoms with E-state index < -0.39 is 22.9 Å². The van der Waals surface area contributed by atoms with Crippen LogP contribution in [0.3, 0.4) is 0 Å². The summed E-state index contributed by atoms with van der Waals surface area (Å²) in [4.78, 5) is 11.6. The molecule has 0 aliphatic heterocycles. The minimum absolute atomic E-state index is 0.149. The Morgan fingerprint density at radius 1 is 1.45 bits per heavy atom. The zero-order chi connectivity index (χ0) is 15.6. The van der Waals surface area contributed by atoms with Gasteiger partial charge < -0.3 is 10.4 Å². The fourth-order valence-corrected chi connectivity index (χ4v) is 2.76. The number of hydrogen-bond acceptors (Lipinski definition) is 2. The van der Waals surface area contributed by atoms with E-state index >= 15 is 0 Å². The lowest BCUT2D eigenvalue weighted by molar-refractivity contribution is -0.121. The lowest BCUT2D eigenvalue weighted by Gasteiger charge is -2.36. The van der Waals surface area contributed by atoms with E-state index in [-0.39, 0.29) is 12.3 Å². The van der Waals surface area contributed by atoms with Crippen molar-refractivity contribution in [3.63, 3.8) is 0 Å². The summed E-state index contributed by atoms with van der Waals surface area (Å²) in [7, 11) is 0. The Kier molecular flexibility index (Phi) is 5.58.